The Morgan fingerprint density at radius 1 is 0.971 bits per heavy atom. The zero-order valence-corrected chi connectivity index (χ0v) is 19.7. The van der Waals surface area contributed by atoms with Gasteiger partial charge in [-0.2, -0.15) is 21.6 Å². The number of rotatable bonds is 5. The predicted molar refractivity (Wildman–Crippen MR) is 122 cm³/mol. The van der Waals surface area contributed by atoms with E-state index in [1.807, 2.05) is 6.92 Å². The first-order chi connectivity index (χ1) is 16.5. The third-order valence-electron chi connectivity index (χ3n) is 5.79. The van der Waals surface area contributed by atoms with E-state index < -0.39 is 28.2 Å². The maximum atomic E-state index is 13.4. The Kier molecular flexibility index (Phi) is 6.50. The SMILES string of the molecule is COc1ccc2c(c1)CCN(C(=O)C(F)(F)F)C2c1ccc(OS(=O)(=O)c2ccc(C)cc2)cc1. The Bertz CT molecular complexity index is 1340. The zero-order chi connectivity index (χ0) is 25.4. The molecular formula is C25H22F3NO5S. The fourth-order valence-electron chi connectivity index (χ4n) is 4.06. The number of nitrogens with zero attached hydrogens (tertiary/aromatic N) is 1. The van der Waals surface area contributed by atoms with Gasteiger partial charge in [0.1, 0.15) is 16.4 Å². The van der Waals surface area contributed by atoms with Gasteiger partial charge in [-0.3, -0.25) is 4.79 Å². The van der Waals surface area contributed by atoms with Crippen molar-refractivity contribution in [3.8, 4) is 11.5 Å². The van der Waals surface area contributed by atoms with Gasteiger partial charge in [0.2, 0.25) is 0 Å². The van der Waals surface area contributed by atoms with Gasteiger partial charge in [0, 0.05) is 6.54 Å². The third-order valence-corrected chi connectivity index (χ3v) is 7.05. The summed E-state index contributed by atoms with van der Waals surface area (Å²) in [4.78, 5) is 13.0. The first-order valence-corrected chi connectivity index (χ1v) is 12.1. The number of ether oxygens (including phenoxy) is 1. The minimum absolute atomic E-state index is 0.00575. The molecule has 35 heavy (non-hydrogen) atoms. The summed E-state index contributed by atoms with van der Waals surface area (Å²) < 4.78 is 75.6. The van der Waals surface area contributed by atoms with Gasteiger partial charge >= 0.3 is 22.2 Å². The summed E-state index contributed by atoms with van der Waals surface area (Å²) in [6.07, 6.45) is -4.80. The smallest absolute Gasteiger partial charge is 0.471 e. The molecule has 1 aliphatic heterocycles. The summed E-state index contributed by atoms with van der Waals surface area (Å²) in [5, 5.41) is 0. The highest BCUT2D eigenvalue weighted by atomic mass is 32.2. The average Bonchev–Trinajstić information content (AvgIpc) is 2.82. The molecule has 0 N–H and O–H groups in total. The van der Waals surface area contributed by atoms with E-state index in [0.29, 0.717) is 16.9 Å². The monoisotopic (exact) mass is 505 g/mol. The average molecular weight is 506 g/mol. The van der Waals surface area contributed by atoms with Crippen LogP contribution in [0.1, 0.15) is 28.3 Å². The van der Waals surface area contributed by atoms with Crippen molar-refractivity contribution in [1.29, 1.82) is 0 Å². The molecule has 0 aromatic heterocycles. The largest absolute Gasteiger partial charge is 0.497 e. The molecule has 0 bridgehead atoms. The van der Waals surface area contributed by atoms with Gasteiger partial charge < -0.3 is 13.8 Å². The lowest BCUT2D eigenvalue weighted by atomic mass is 9.88. The van der Waals surface area contributed by atoms with E-state index in [-0.39, 0.29) is 23.6 Å². The lowest BCUT2D eigenvalue weighted by Crippen LogP contribution is -2.46. The number of amides is 1. The molecule has 3 aromatic carbocycles. The number of alkyl halides is 3. The Labute approximate surface area is 201 Å². The number of hydrogen-bond acceptors (Lipinski definition) is 5. The summed E-state index contributed by atoms with van der Waals surface area (Å²) in [5.41, 5.74) is 2.57. The summed E-state index contributed by atoms with van der Waals surface area (Å²) in [6, 6.07) is 15.7. The number of fused-ring (bicyclic) bond motifs is 1. The summed E-state index contributed by atoms with van der Waals surface area (Å²) in [7, 11) is -2.60. The molecule has 6 nitrogen and oxygen atoms in total. The lowest BCUT2D eigenvalue weighted by Gasteiger charge is -2.38. The van der Waals surface area contributed by atoms with E-state index in [1.165, 1.54) is 43.5 Å². The van der Waals surface area contributed by atoms with Crippen LogP contribution < -0.4 is 8.92 Å². The second-order valence-electron chi connectivity index (χ2n) is 8.13. The molecule has 1 amide bonds. The quantitative estimate of drug-likeness (QED) is 0.466. The molecule has 4 rings (SSSR count). The molecule has 3 aromatic rings. The normalized spacial score (nSPS) is 15.9. The number of aryl methyl sites for hydroxylation is 1. The van der Waals surface area contributed by atoms with E-state index in [9.17, 15) is 26.4 Å². The van der Waals surface area contributed by atoms with Crippen LogP contribution >= 0.6 is 0 Å². The van der Waals surface area contributed by atoms with Crippen LogP contribution in [0.15, 0.2) is 71.6 Å². The topological polar surface area (TPSA) is 72.9 Å². The minimum atomic E-state index is -5.03. The number of hydrogen-bond donors (Lipinski definition) is 0. The highest BCUT2D eigenvalue weighted by Crippen LogP contribution is 2.39. The van der Waals surface area contributed by atoms with E-state index in [4.69, 9.17) is 8.92 Å². The van der Waals surface area contributed by atoms with Crippen LogP contribution in [-0.4, -0.2) is 39.1 Å². The van der Waals surface area contributed by atoms with Gasteiger partial charge in [0.25, 0.3) is 0 Å². The van der Waals surface area contributed by atoms with Gasteiger partial charge in [-0.1, -0.05) is 35.9 Å². The number of carbonyl (C=O) groups excluding carboxylic acids is 1. The van der Waals surface area contributed by atoms with E-state index in [0.717, 1.165) is 16.0 Å². The molecule has 0 aliphatic carbocycles. The maximum Gasteiger partial charge on any atom is 0.471 e. The van der Waals surface area contributed by atoms with Crippen LogP contribution in [0, 0.1) is 6.92 Å². The van der Waals surface area contributed by atoms with Crippen LogP contribution in [0.3, 0.4) is 0 Å². The first-order valence-electron chi connectivity index (χ1n) is 10.7. The van der Waals surface area contributed by atoms with E-state index in [1.54, 1.807) is 30.3 Å². The fraction of sp³-hybridized carbons (Fsp3) is 0.240. The van der Waals surface area contributed by atoms with Crippen LogP contribution in [0.5, 0.6) is 11.5 Å². The van der Waals surface area contributed by atoms with Crippen molar-refractivity contribution in [2.75, 3.05) is 13.7 Å². The Morgan fingerprint density at radius 3 is 2.20 bits per heavy atom. The van der Waals surface area contributed by atoms with E-state index >= 15 is 0 Å². The molecule has 1 atom stereocenters. The standard InChI is InChI=1S/C25H22F3NO5S/c1-16-3-10-21(11-4-16)35(31,32)34-19-7-5-17(6-8-19)23-22-12-9-20(33-2)15-18(22)13-14-29(23)24(30)25(26,27)28/h3-12,15,23H,13-14H2,1-2H3. The molecule has 0 saturated heterocycles. The van der Waals surface area contributed by atoms with Crippen LogP contribution in [0.4, 0.5) is 13.2 Å². The second-order valence-corrected chi connectivity index (χ2v) is 9.68. The van der Waals surface area contributed by atoms with Crippen LogP contribution in [-0.2, 0) is 21.3 Å². The summed E-state index contributed by atoms with van der Waals surface area (Å²) >= 11 is 0. The van der Waals surface area contributed by atoms with E-state index in [2.05, 4.69) is 0 Å². The minimum Gasteiger partial charge on any atom is -0.497 e. The predicted octanol–water partition coefficient (Wildman–Crippen LogP) is 4.81. The van der Waals surface area contributed by atoms with Gasteiger partial charge in [-0.15, -0.1) is 0 Å². The summed E-state index contributed by atoms with van der Waals surface area (Å²) in [6.45, 7) is 1.69. The van der Waals surface area contributed by atoms with Crippen molar-refractivity contribution in [3.63, 3.8) is 0 Å². The van der Waals surface area contributed by atoms with Gasteiger partial charge in [-0.05, 0) is 66.4 Å². The molecule has 0 saturated carbocycles. The van der Waals surface area contributed by atoms with Gasteiger partial charge in [0.15, 0.2) is 0 Å². The fourth-order valence-corrected chi connectivity index (χ4v) is 4.99. The van der Waals surface area contributed by atoms with Crippen molar-refractivity contribution in [2.24, 2.45) is 0 Å². The molecule has 1 unspecified atom stereocenters. The first kappa shape index (κ1) is 24.6. The number of benzene rings is 3. The third kappa shape index (κ3) is 5.12. The summed E-state index contributed by atoms with van der Waals surface area (Å²) in [5.74, 6) is -1.39. The highest BCUT2D eigenvalue weighted by Gasteiger charge is 2.46. The lowest BCUT2D eigenvalue weighted by molar-refractivity contribution is -0.187. The molecule has 0 radical (unpaired) electrons. The highest BCUT2D eigenvalue weighted by molar-refractivity contribution is 7.87. The molecule has 10 heteroatoms. The van der Waals surface area contributed by atoms with Crippen molar-refractivity contribution in [3.05, 3.63) is 89.0 Å². The van der Waals surface area contributed by atoms with Crippen molar-refractivity contribution < 1.29 is 35.3 Å². The maximum absolute atomic E-state index is 13.4. The van der Waals surface area contributed by atoms with Crippen molar-refractivity contribution >= 4 is 16.0 Å². The Hall–Kier alpha value is -3.53. The molecule has 184 valence electrons. The number of carbonyl (C=O) groups is 1. The molecule has 0 fully saturated rings. The van der Waals surface area contributed by atoms with Gasteiger partial charge in [-0.25, -0.2) is 0 Å². The van der Waals surface area contributed by atoms with Crippen LogP contribution in [0.2, 0.25) is 0 Å². The molecule has 1 aliphatic rings. The van der Waals surface area contributed by atoms with Crippen LogP contribution in [0.25, 0.3) is 0 Å². The van der Waals surface area contributed by atoms with Crippen molar-refractivity contribution in [2.45, 2.75) is 30.5 Å². The Morgan fingerprint density at radius 2 is 1.60 bits per heavy atom. The number of halogens is 3. The number of methoxy groups -OCH3 is 1. The molecule has 1 heterocycles. The molecule has 0 spiro atoms. The van der Waals surface area contributed by atoms with Gasteiger partial charge in [0.05, 0.1) is 13.2 Å². The second kappa shape index (κ2) is 9.26. The van der Waals surface area contributed by atoms with Crippen molar-refractivity contribution in [1.82, 2.24) is 4.90 Å². The zero-order valence-electron chi connectivity index (χ0n) is 18.9. The molecular weight excluding hydrogens is 483 g/mol. The Balaban J connectivity index is 1.68.